The molecular weight excluding hydrogens is 168 g/mol. The Morgan fingerprint density at radius 3 is 3.15 bits per heavy atom. The maximum absolute atomic E-state index is 10.9. The van der Waals surface area contributed by atoms with Crippen molar-refractivity contribution in [3.05, 3.63) is 0 Å². The lowest BCUT2D eigenvalue weighted by Gasteiger charge is -2.17. The van der Waals surface area contributed by atoms with Gasteiger partial charge in [0.25, 0.3) is 0 Å². The SMILES string of the molecule is CNCCCN1CCOC(=O)CC1. The third kappa shape index (κ3) is 4.24. The number of hydrogen-bond donors (Lipinski definition) is 1. The summed E-state index contributed by atoms with van der Waals surface area (Å²) in [6, 6.07) is 0. The smallest absolute Gasteiger partial charge is 0.307 e. The molecule has 4 heteroatoms. The fraction of sp³-hybridized carbons (Fsp3) is 0.889. The van der Waals surface area contributed by atoms with Crippen LogP contribution in [-0.4, -0.2) is 50.7 Å². The molecule has 13 heavy (non-hydrogen) atoms. The zero-order valence-electron chi connectivity index (χ0n) is 8.21. The number of carbonyl (C=O) groups excluding carboxylic acids is 1. The molecule has 0 spiro atoms. The Morgan fingerprint density at radius 2 is 2.38 bits per heavy atom. The molecule has 1 saturated heterocycles. The maximum Gasteiger partial charge on any atom is 0.307 e. The first-order chi connectivity index (χ1) is 6.33. The lowest BCUT2D eigenvalue weighted by molar-refractivity contribution is -0.142. The van der Waals surface area contributed by atoms with Gasteiger partial charge in [-0.15, -0.1) is 0 Å². The molecular formula is C9H18N2O2. The summed E-state index contributed by atoms with van der Waals surface area (Å²) in [6.07, 6.45) is 1.67. The molecule has 1 aliphatic heterocycles. The van der Waals surface area contributed by atoms with Crippen LogP contribution in [0.15, 0.2) is 0 Å². The molecule has 1 aliphatic rings. The third-order valence-corrected chi connectivity index (χ3v) is 2.20. The minimum Gasteiger partial charge on any atom is -0.464 e. The van der Waals surface area contributed by atoms with Gasteiger partial charge in [-0.05, 0) is 26.6 Å². The number of carbonyl (C=O) groups is 1. The summed E-state index contributed by atoms with van der Waals surface area (Å²) in [4.78, 5) is 13.2. The van der Waals surface area contributed by atoms with Crippen molar-refractivity contribution in [3.63, 3.8) is 0 Å². The van der Waals surface area contributed by atoms with Crippen LogP contribution in [0, 0.1) is 0 Å². The van der Waals surface area contributed by atoms with E-state index in [1.54, 1.807) is 0 Å². The van der Waals surface area contributed by atoms with Gasteiger partial charge in [0, 0.05) is 13.1 Å². The first-order valence-electron chi connectivity index (χ1n) is 4.85. The molecule has 0 unspecified atom stereocenters. The highest BCUT2D eigenvalue weighted by Crippen LogP contribution is 2.00. The fourth-order valence-electron chi connectivity index (χ4n) is 1.42. The molecule has 0 aromatic rings. The highest BCUT2D eigenvalue weighted by molar-refractivity contribution is 5.69. The Hall–Kier alpha value is -0.610. The van der Waals surface area contributed by atoms with Gasteiger partial charge in [-0.1, -0.05) is 0 Å². The van der Waals surface area contributed by atoms with Crippen LogP contribution in [0.1, 0.15) is 12.8 Å². The van der Waals surface area contributed by atoms with Gasteiger partial charge in [0.2, 0.25) is 0 Å². The molecule has 0 aromatic carbocycles. The molecule has 1 heterocycles. The van der Waals surface area contributed by atoms with Gasteiger partial charge in [-0.25, -0.2) is 0 Å². The molecule has 0 atom stereocenters. The standard InChI is InChI=1S/C9H18N2O2/c1-10-4-2-5-11-6-3-9(12)13-8-7-11/h10H,2-8H2,1H3. The third-order valence-electron chi connectivity index (χ3n) is 2.20. The molecule has 76 valence electrons. The first-order valence-corrected chi connectivity index (χ1v) is 4.85. The van der Waals surface area contributed by atoms with Crippen LogP contribution < -0.4 is 5.32 Å². The number of hydrogen-bond acceptors (Lipinski definition) is 4. The summed E-state index contributed by atoms with van der Waals surface area (Å²) >= 11 is 0. The van der Waals surface area contributed by atoms with Crippen LogP contribution in [0.4, 0.5) is 0 Å². The maximum atomic E-state index is 10.9. The topological polar surface area (TPSA) is 41.6 Å². The van der Waals surface area contributed by atoms with E-state index in [-0.39, 0.29) is 5.97 Å². The number of cyclic esters (lactones) is 1. The fourth-order valence-corrected chi connectivity index (χ4v) is 1.42. The van der Waals surface area contributed by atoms with Crippen molar-refractivity contribution < 1.29 is 9.53 Å². The highest BCUT2D eigenvalue weighted by Gasteiger charge is 2.13. The molecule has 4 nitrogen and oxygen atoms in total. The Balaban J connectivity index is 2.14. The summed E-state index contributed by atoms with van der Waals surface area (Å²) in [5.41, 5.74) is 0. The second-order valence-corrected chi connectivity index (χ2v) is 3.27. The van der Waals surface area contributed by atoms with Crippen molar-refractivity contribution in [1.29, 1.82) is 0 Å². The van der Waals surface area contributed by atoms with Gasteiger partial charge in [0.1, 0.15) is 6.61 Å². The summed E-state index contributed by atoms with van der Waals surface area (Å²) in [7, 11) is 1.95. The van der Waals surface area contributed by atoms with E-state index in [1.807, 2.05) is 7.05 Å². The van der Waals surface area contributed by atoms with Gasteiger partial charge in [0.15, 0.2) is 0 Å². The Morgan fingerprint density at radius 1 is 1.54 bits per heavy atom. The zero-order valence-corrected chi connectivity index (χ0v) is 8.21. The highest BCUT2D eigenvalue weighted by atomic mass is 16.5. The number of ether oxygens (including phenoxy) is 1. The Kier molecular flexibility index (Phi) is 4.78. The summed E-state index contributed by atoms with van der Waals surface area (Å²) < 4.78 is 4.94. The number of rotatable bonds is 4. The lowest BCUT2D eigenvalue weighted by atomic mass is 10.3. The summed E-state index contributed by atoms with van der Waals surface area (Å²) in [5.74, 6) is -0.0592. The Labute approximate surface area is 79.2 Å². The van der Waals surface area contributed by atoms with Crippen molar-refractivity contribution in [2.24, 2.45) is 0 Å². The van der Waals surface area contributed by atoms with E-state index in [2.05, 4.69) is 10.2 Å². The van der Waals surface area contributed by atoms with E-state index >= 15 is 0 Å². The van der Waals surface area contributed by atoms with Crippen LogP contribution in [0.2, 0.25) is 0 Å². The molecule has 1 N–H and O–H groups in total. The predicted octanol–water partition coefficient (Wildman–Crippen LogP) is -0.155. The number of esters is 1. The van der Waals surface area contributed by atoms with Crippen LogP contribution in [0.5, 0.6) is 0 Å². The van der Waals surface area contributed by atoms with Gasteiger partial charge < -0.3 is 10.1 Å². The molecule has 1 rings (SSSR count). The van der Waals surface area contributed by atoms with Crippen molar-refractivity contribution in [3.8, 4) is 0 Å². The van der Waals surface area contributed by atoms with E-state index in [0.717, 1.165) is 32.6 Å². The normalized spacial score (nSPS) is 19.6. The zero-order chi connectivity index (χ0) is 9.52. The Bertz CT molecular complexity index is 162. The van der Waals surface area contributed by atoms with Crippen LogP contribution in [-0.2, 0) is 9.53 Å². The predicted molar refractivity (Wildman–Crippen MR) is 50.6 cm³/mol. The van der Waals surface area contributed by atoms with Crippen molar-refractivity contribution in [2.75, 3.05) is 39.8 Å². The van der Waals surface area contributed by atoms with E-state index in [1.165, 1.54) is 0 Å². The monoisotopic (exact) mass is 186 g/mol. The van der Waals surface area contributed by atoms with E-state index in [4.69, 9.17) is 4.74 Å². The molecule has 0 aromatic heterocycles. The second-order valence-electron chi connectivity index (χ2n) is 3.27. The molecule has 0 radical (unpaired) electrons. The summed E-state index contributed by atoms with van der Waals surface area (Å²) in [5, 5.41) is 3.11. The summed E-state index contributed by atoms with van der Waals surface area (Å²) in [6.45, 7) is 4.37. The average molecular weight is 186 g/mol. The van der Waals surface area contributed by atoms with E-state index in [9.17, 15) is 4.79 Å². The molecule has 0 aliphatic carbocycles. The minimum absolute atomic E-state index is 0.0592. The quantitative estimate of drug-likeness (QED) is 0.489. The van der Waals surface area contributed by atoms with Crippen molar-refractivity contribution in [1.82, 2.24) is 10.2 Å². The number of nitrogens with zero attached hydrogens (tertiary/aromatic N) is 1. The van der Waals surface area contributed by atoms with Crippen LogP contribution in [0.25, 0.3) is 0 Å². The van der Waals surface area contributed by atoms with Crippen LogP contribution in [0.3, 0.4) is 0 Å². The molecule has 0 saturated carbocycles. The van der Waals surface area contributed by atoms with Gasteiger partial charge in [0.05, 0.1) is 6.42 Å². The molecule has 0 amide bonds. The van der Waals surface area contributed by atoms with E-state index in [0.29, 0.717) is 13.0 Å². The van der Waals surface area contributed by atoms with Crippen molar-refractivity contribution in [2.45, 2.75) is 12.8 Å². The lowest BCUT2D eigenvalue weighted by Crippen LogP contribution is -2.29. The largest absolute Gasteiger partial charge is 0.464 e. The van der Waals surface area contributed by atoms with Gasteiger partial charge in [-0.3, -0.25) is 9.69 Å². The second kappa shape index (κ2) is 5.94. The van der Waals surface area contributed by atoms with Crippen LogP contribution >= 0.6 is 0 Å². The van der Waals surface area contributed by atoms with E-state index < -0.39 is 0 Å². The molecule has 1 fully saturated rings. The first kappa shape index (κ1) is 10.5. The van der Waals surface area contributed by atoms with Gasteiger partial charge in [-0.2, -0.15) is 0 Å². The molecule has 0 bridgehead atoms. The average Bonchev–Trinajstić information content (AvgIpc) is 2.32. The minimum atomic E-state index is -0.0592. The van der Waals surface area contributed by atoms with Gasteiger partial charge >= 0.3 is 5.97 Å². The number of nitrogens with one attached hydrogen (secondary N) is 1. The van der Waals surface area contributed by atoms with Crippen molar-refractivity contribution >= 4 is 5.97 Å².